The first kappa shape index (κ1) is 17.4. The largest absolute Gasteiger partial charge is 0.345 e. The zero-order chi connectivity index (χ0) is 17.9. The van der Waals surface area contributed by atoms with Crippen LogP contribution in [0.4, 0.5) is 0 Å². The highest BCUT2D eigenvalue weighted by Gasteiger charge is 2.19. The van der Waals surface area contributed by atoms with Gasteiger partial charge in [-0.1, -0.05) is 30.6 Å². The van der Waals surface area contributed by atoms with Gasteiger partial charge in [-0.25, -0.2) is 9.97 Å². The summed E-state index contributed by atoms with van der Waals surface area (Å²) in [6, 6.07) is 3.89. The van der Waals surface area contributed by atoms with E-state index in [1.165, 1.54) is 49.1 Å². The van der Waals surface area contributed by atoms with E-state index in [9.17, 15) is 4.79 Å². The molecule has 3 aromatic heterocycles. The lowest BCUT2D eigenvalue weighted by atomic mass is 9.87. The van der Waals surface area contributed by atoms with Gasteiger partial charge in [0.2, 0.25) is 0 Å². The zero-order valence-electron chi connectivity index (χ0n) is 14.8. The van der Waals surface area contributed by atoms with Crippen LogP contribution in [0.1, 0.15) is 64.1 Å². The summed E-state index contributed by atoms with van der Waals surface area (Å²) in [4.78, 5) is 22.5. The maximum absolute atomic E-state index is 12.6. The van der Waals surface area contributed by atoms with Crippen molar-refractivity contribution >= 4 is 28.6 Å². The Morgan fingerprint density at radius 3 is 2.77 bits per heavy atom. The van der Waals surface area contributed by atoms with Crippen LogP contribution in [0.5, 0.6) is 0 Å². The van der Waals surface area contributed by atoms with Crippen LogP contribution in [0.25, 0.3) is 5.13 Å². The molecule has 136 valence electrons. The Labute approximate surface area is 161 Å². The van der Waals surface area contributed by atoms with E-state index >= 15 is 0 Å². The fraction of sp³-hybridized carbons (Fsp3) is 0.421. The molecule has 7 heteroatoms. The number of carbonyl (C=O) groups excluding carboxylic acids is 1. The Bertz CT molecular complexity index is 875. The SMILES string of the molecule is Cc1nc(-n2cccc2)sc1C(=O)NCc1nc(C2CCCCC2)cs1. The quantitative estimate of drug-likeness (QED) is 0.693. The van der Waals surface area contributed by atoms with Crippen LogP contribution < -0.4 is 5.32 Å². The maximum Gasteiger partial charge on any atom is 0.263 e. The maximum atomic E-state index is 12.6. The summed E-state index contributed by atoms with van der Waals surface area (Å²) in [5.74, 6) is 0.533. The number of nitrogens with one attached hydrogen (secondary N) is 1. The molecule has 0 unspecified atom stereocenters. The van der Waals surface area contributed by atoms with Gasteiger partial charge < -0.3 is 9.88 Å². The number of nitrogens with zero attached hydrogens (tertiary/aromatic N) is 3. The Balaban J connectivity index is 1.39. The molecule has 0 saturated heterocycles. The van der Waals surface area contributed by atoms with E-state index in [4.69, 9.17) is 4.98 Å². The lowest BCUT2D eigenvalue weighted by molar-refractivity contribution is 0.0954. The van der Waals surface area contributed by atoms with Crippen molar-refractivity contribution in [3.05, 3.63) is 51.2 Å². The third kappa shape index (κ3) is 3.73. The van der Waals surface area contributed by atoms with E-state index < -0.39 is 0 Å². The van der Waals surface area contributed by atoms with Crippen LogP contribution >= 0.6 is 22.7 Å². The highest BCUT2D eigenvalue weighted by Crippen LogP contribution is 2.33. The first-order valence-electron chi connectivity index (χ1n) is 9.04. The third-order valence-electron chi connectivity index (χ3n) is 4.81. The minimum absolute atomic E-state index is 0.0761. The second kappa shape index (κ2) is 7.72. The molecular formula is C19H22N4OS2. The fourth-order valence-electron chi connectivity index (χ4n) is 3.39. The Kier molecular flexibility index (Phi) is 5.17. The van der Waals surface area contributed by atoms with E-state index in [0.29, 0.717) is 17.3 Å². The van der Waals surface area contributed by atoms with Gasteiger partial charge in [0.05, 0.1) is 17.9 Å². The van der Waals surface area contributed by atoms with E-state index in [0.717, 1.165) is 15.8 Å². The van der Waals surface area contributed by atoms with Crippen LogP contribution in [0, 0.1) is 6.92 Å². The van der Waals surface area contributed by atoms with Crippen LogP contribution in [0.2, 0.25) is 0 Å². The highest BCUT2D eigenvalue weighted by molar-refractivity contribution is 7.16. The zero-order valence-corrected chi connectivity index (χ0v) is 16.4. The molecule has 3 aromatic rings. The monoisotopic (exact) mass is 386 g/mol. The van der Waals surface area contributed by atoms with E-state index in [-0.39, 0.29) is 5.91 Å². The summed E-state index contributed by atoms with van der Waals surface area (Å²) in [6.07, 6.45) is 10.3. The number of amides is 1. The molecule has 1 N–H and O–H groups in total. The van der Waals surface area contributed by atoms with Gasteiger partial charge in [0.1, 0.15) is 9.88 Å². The van der Waals surface area contributed by atoms with Crippen molar-refractivity contribution < 1.29 is 4.79 Å². The first-order valence-corrected chi connectivity index (χ1v) is 10.7. The summed E-state index contributed by atoms with van der Waals surface area (Å²) in [6.45, 7) is 2.36. The molecular weight excluding hydrogens is 364 g/mol. The summed E-state index contributed by atoms with van der Waals surface area (Å²) >= 11 is 3.06. The second-order valence-corrected chi connectivity index (χ2v) is 8.61. The van der Waals surface area contributed by atoms with Gasteiger partial charge in [0, 0.05) is 23.7 Å². The minimum atomic E-state index is -0.0761. The van der Waals surface area contributed by atoms with Crippen molar-refractivity contribution in [2.45, 2.75) is 51.5 Å². The first-order chi connectivity index (χ1) is 12.7. The summed E-state index contributed by atoms with van der Waals surface area (Å²) in [5.41, 5.74) is 1.97. The Morgan fingerprint density at radius 2 is 2.00 bits per heavy atom. The molecule has 1 aliphatic rings. The number of thiazole rings is 2. The van der Waals surface area contributed by atoms with Gasteiger partial charge in [-0.2, -0.15) is 0 Å². The molecule has 0 aliphatic heterocycles. The van der Waals surface area contributed by atoms with Crippen molar-refractivity contribution in [1.29, 1.82) is 0 Å². The molecule has 1 saturated carbocycles. The average Bonchev–Trinajstić information content (AvgIpc) is 3.41. The predicted molar refractivity (Wildman–Crippen MR) is 105 cm³/mol. The third-order valence-corrected chi connectivity index (χ3v) is 6.85. The van der Waals surface area contributed by atoms with Crippen LogP contribution in [-0.2, 0) is 6.54 Å². The molecule has 1 aliphatic carbocycles. The molecule has 0 aromatic carbocycles. The fourth-order valence-corrected chi connectivity index (χ4v) is 5.16. The van der Waals surface area contributed by atoms with Gasteiger partial charge >= 0.3 is 0 Å². The van der Waals surface area contributed by atoms with E-state index in [1.54, 1.807) is 11.3 Å². The molecule has 4 rings (SSSR count). The topological polar surface area (TPSA) is 59.8 Å². The standard InChI is InChI=1S/C19H22N4OS2/c1-13-17(26-19(21-13)23-9-5-6-10-23)18(24)20-11-16-22-15(12-25-16)14-7-3-2-4-8-14/h5-6,9-10,12,14H,2-4,7-8,11H2,1H3,(H,20,24). The molecule has 1 amide bonds. The normalized spacial score (nSPS) is 15.3. The van der Waals surface area contributed by atoms with Gasteiger partial charge in [0.25, 0.3) is 5.91 Å². The van der Waals surface area contributed by atoms with Crippen molar-refractivity contribution in [3.8, 4) is 5.13 Å². The van der Waals surface area contributed by atoms with Gasteiger partial charge in [0.15, 0.2) is 5.13 Å². The molecule has 0 radical (unpaired) electrons. The lowest BCUT2D eigenvalue weighted by Gasteiger charge is -2.19. The molecule has 0 atom stereocenters. The number of hydrogen-bond donors (Lipinski definition) is 1. The number of aromatic nitrogens is 3. The van der Waals surface area contributed by atoms with E-state index in [2.05, 4.69) is 15.7 Å². The summed E-state index contributed by atoms with van der Waals surface area (Å²) in [7, 11) is 0. The number of carbonyl (C=O) groups is 1. The number of rotatable bonds is 5. The van der Waals surface area contributed by atoms with Crippen molar-refractivity contribution in [2.24, 2.45) is 0 Å². The van der Waals surface area contributed by atoms with Crippen molar-refractivity contribution in [2.75, 3.05) is 0 Å². The molecule has 3 heterocycles. The molecule has 0 bridgehead atoms. The van der Waals surface area contributed by atoms with E-state index in [1.807, 2.05) is 36.0 Å². The van der Waals surface area contributed by atoms with Gasteiger partial charge in [-0.15, -0.1) is 11.3 Å². The van der Waals surface area contributed by atoms with Crippen LogP contribution in [0.3, 0.4) is 0 Å². The van der Waals surface area contributed by atoms with Gasteiger partial charge in [-0.3, -0.25) is 4.79 Å². The molecule has 5 nitrogen and oxygen atoms in total. The van der Waals surface area contributed by atoms with Crippen LogP contribution in [0.15, 0.2) is 29.9 Å². The van der Waals surface area contributed by atoms with Crippen LogP contribution in [-0.4, -0.2) is 20.4 Å². The van der Waals surface area contributed by atoms with Crippen molar-refractivity contribution in [3.63, 3.8) is 0 Å². The Hall–Kier alpha value is -1.99. The molecule has 26 heavy (non-hydrogen) atoms. The minimum Gasteiger partial charge on any atom is -0.345 e. The van der Waals surface area contributed by atoms with Gasteiger partial charge in [-0.05, 0) is 31.9 Å². The highest BCUT2D eigenvalue weighted by atomic mass is 32.1. The number of aryl methyl sites for hydroxylation is 1. The van der Waals surface area contributed by atoms with Crippen molar-refractivity contribution in [1.82, 2.24) is 19.9 Å². The molecule has 1 fully saturated rings. The molecule has 0 spiro atoms. The smallest absolute Gasteiger partial charge is 0.263 e. The summed E-state index contributed by atoms with van der Waals surface area (Å²) < 4.78 is 1.92. The lowest BCUT2D eigenvalue weighted by Crippen LogP contribution is -2.22. The predicted octanol–water partition coefficient (Wildman–Crippen LogP) is 4.68. The average molecular weight is 387 g/mol. The Morgan fingerprint density at radius 1 is 1.23 bits per heavy atom. The summed E-state index contributed by atoms with van der Waals surface area (Å²) in [5, 5.41) is 6.96. The second-order valence-electron chi connectivity index (χ2n) is 6.69. The number of hydrogen-bond acceptors (Lipinski definition) is 5.